The quantitative estimate of drug-likeness (QED) is 0.273. The first-order chi connectivity index (χ1) is 22.2. The SMILES string of the molecule is O=C1c2ccccc2C(=O)N1CC1CN(S(=O)(=O)c2ccc3cc(Cl)ccc3c2)CC(=O)N1CC1CCN(c2ccncc2)CC1. The second-order valence-corrected chi connectivity index (χ2v) is 14.4. The molecule has 3 aliphatic heterocycles. The van der Waals surface area contributed by atoms with Gasteiger partial charge in [-0.3, -0.25) is 24.3 Å². The zero-order valence-electron chi connectivity index (χ0n) is 25.0. The van der Waals surface area contributed by atoms with Crippen molar-refractivity contribution in [3.63, 3.8) is 0 Å². The summed E-state index contributed by atoms with van der Waals surface area (Å²) in [5.74, 6) is -1.04. The molecule has 0 radical (unpaired) electrons. The average Bonchev–Trinajstić information content (AvgIpc) is 3.31. The summed E-state index contributed by atoms with van der Waals surface area (Å²) in [5.41, 5.74) is 1.72. The molecule has 0 N–H and O–H groups in total. The van der Waals surface area contributed by atoms with E-state index in [0.717, 1.165) is 41.9 Å². The maximum Gasteiger partial charge on any atom is 0.261 e. The topological polar surface area (TPSA) is 111 Å². The Kier molecular flexibility index (Phi) is 8.00. The molecule has 2 saturated heterocycles. The highest BCUT2D eigenvalue weighted by atomic mass is 35.5. The van der Waals surface area contributed by atoms with E-state index in [1.54, 1.807) is 71.9 Å². The molecule has 0 spiro atoms. The van der Waals surface area contributed by atoms with Gasteiger partial charge in [-0.25, -0.2) is 8.42 Å². The molecule has 2 fully saturated rings. The Morgan fingerprint density at radius 1 is 0.804 bits per heavy atom. The number of aromatic nitrogens is 1. The van der Waals surface area contributed by atoms with Gasteiger partial charge >= 0.3 is 0 Å². The lowest BCUT2D eigenvalue weighted by atomic mass is 9.94. The van der Waals surface area contributed by atoms with Gasteiger partial charge in [-0.05, 0) is 78.1 Å². The zero-order chi connectivity index (χ0) is 32.0. The maximum absolute atomic E-state index is 14.0. The molecule has 4 aromatic rings. The highest BCUT2D eigenvalue weighted by molar-refractivity contribution is 7.89. The number of hydrogen-bond acceptors (Lipinski definition) is 7. The van der Waals surface area contributed by atoms with Crippen LogP contribution in [0, 0.1) is 5.92 Å². The third-order valence-corrected chi connectivity index (χ3v) is 11.3. The van der Waals surface area contributed by atoms with E-state index >= 15 is 0 Å². The van der Waals surface area contributed by atoms with Gasteiger partial charge in [0.1, 0.15) is 0 Å². The normalized spacial score (nSPS) is 19.7. The lowest BCUT2D eigenvalue weighted by Gasteiger charge is -2.44. The minimum absolute atomic E-state index is 0.0456. The Morgan fingerprint density at radius 2 is 1.46 bits per heavy atom. The molecule has 1 unspecified atom stereocenters. The second kappa shape index (κ2) is 12.1. The smallest absolute Gasteiger partial charge is 0.261 e. The van der Waals surface area contributed by atoms with Crippen LogP contribution in [0.2, 0.25) is 5.02 Å². The fourth-order valence-corrected chi connectivity index (χ4v) is 8.40. The van der Waals surface area contributed by atoms with Crippen LogP contribution in [-0.2, 0) is 14.8 Å². The first-order valence-electron chi connectivity index (χ1n) is 15.3. The summed E-state index contributed by atoms with van der Waals surface area (Å²) in [7, 11) is -4.09. The summed E-state index contributed by atoms with van der Waals surface area (Å²) in [6, 6.07) is 19.9. The number of sulfonamides is 1. The molecule has 4 heterocycles. The number of halogens is 1. The van der Waals surface area contributed by atoms with E-state index in [-0.39, 0.29) is 36.4 Å². The van der Waals surface area contributed by atoms with E-state index < -0.39 is 27.9 Å². The number of piperazine rings is 1. The third-order valence-electron chi connectivity index (χ3n) is 9.27. The van der Waals surface area contributed by atoms with E-state index in [2.05, 4.69) is 9.88 Å². The van der Waals surface area contributed by atoms with Gasteiger partial charge in [0.25, 0.3) is 11.8 Å². The van der Waals surface area contributed by atoms with Crippen LogP contribution < -0.4 is 4.90 Å². The summed E-state index contributed by atoms with van der Waals surface area (Å²) in [6.07, 6.45) is 5.22. The largest absolute Gasteiger partial charge is 0.371 e. The van der Waals surface area contributed by atoms with Crippen molar-refractivity contribution >= 4 is 55.8 Å². The van der Waals surface area contributed by atoms with Crippen LogP contribution in [0.15, 0.2) is 90.1 Å². The lowest BCUT2D eigenvalue weighted by Crippen LogP contribution is -2.62. The molecule has 3 aromatic carbocycles. The Balaban J connectivity index is 1.14. The molecule has 46 heavy (non-hydrogen) atoms. The predicted octanol–water partition coefficient (Wildman–Crippen LogP) is 4.30. The van der Waals surface area contributed by atoms with Crippen LogP contribution in [-0.4, -0.2) is 90.5 Å². The molecule has 0 bridgehead atoms. The summed E-state index contributed by atoms with van der Waals surface area (Å²) in [5, 5.41) is 2.05. The summed E-state index contributed by atoms with van der Waals surface area (Å²) in [4.78, 5) is 49.8. The molecule has 3 amide bonds. The van der Waals surface area contributed by atoms with Gasteiger partial charge in [0, 0.05) is 49.3 Å². The predicted molar refractivity (Wildman–Crippen MR) is 174 cm³/mol. The first kappa shape index (κ1) is 30.3. The monoisotopic (exact) mass is 657 g/mol. The molecular formula is C34H32ClN5O5S. The van der Waals surface area contributed by atoms with E-state index in [9.17, 15) is 22.8 Å². The van der Waals surface area contributed by atoms with Crippen molar-refractivity contribution in [3.8, 4) is 0 Å². The van der Waals surface area contributed by atoms with Crippen LogP contribution in [0.4, 0.5) is 5.69 Å². The number of amides is 3. The minimum Gasteiger partial charge on any atom is -0.371 e. The number of piperidine rings is 1. The number of imide groups is 1. The molecule has 10 nitrogen and oxygen atoms in total. The fraction of sp³-hybridized carbons (Fsp3) is 0.294. The van der Waals surface area contributed by atoms with Crippen molar-refractivity contribution in [2.45, 2.75) is 23.8 Å². The number of carbonyl (C=O) groups is 3. The number of pyridine rings is 1. The van der Waals surface area contributed by atoms with Gasteiger partial charge in [-0.2, -0.15) is 4.31 Å². The van der Waals surface area contributed by atoms with E-state index in [1.807, 2.05) is 12.1 Å². The van der Waals surface area contributed by atoms with Gasteiger partial charge in [0.05, 0.1) is 35.2 Å². The van der Waals surface area contributed by atoms with Crippen LogP contribution in [0.1, 0.15) is 33.6 Å². The molecular weight excluding hydrogens is 626 g/mol. The lowest BCUT2D eigenvalue weighted by molar-refractivity contribution is -0.138. The summed E-state index contributed by atoms with van der Waals surface area (Å²) in [6.45, 7) is 1.57. The molecule has 1 atom stereocenters. The van der Waals surface area contributed by atoms with Crippen molar-refractivity contribution in [1.82, 2.24) is 19.1 Å². The second-order valence-electron chi connectivity index (χ2n) is 12.1. The number of fused-ring (bicyclic) bond motifs is 2. The number of rotatable bonds is 7. The van der Waals surface area contributed by atoms with Crippen LogP contribution in [0.5, 0.6) is 0 Å². The average molecular weight is 658 g/mol. The standard InChI is InChI=1S/C34H32ClN5O5S/c35-26-7-5-25-18-29(8-6-24(25)17-26)46(44,45)38-20-28(21-40-33(42)30-3-1-2-4-31(30)34(40)43)39(32(41)22-38)19-23-11-15-37(16-12-23)27-9-13-36-14-10-27/h1-10,13-14,17-18,23,28H,11-12,15-16,19-22H2. The number of benzene rings is 3. The first-order valence-corrected chi connectivity index (χ1v) is 17.1. The van der Waals surface area contributed by atoms with E-state index in [1.165, 1.54) is 10.4 Å². The number of carbonyl (C=O) groups excluding carboxylic acids is 3. The van der Waals surface area contributed by atoms with Crippen molar-refractivity contribution in [2.75, 3.05) is 44.2 Å². The van der Waals surface area contributed by atoms with Gasteiger partial charge in [0.2, 0.25) is 15.9 Å². The Hall–Kier alpha value is -4.32. The van der Waals surface area contributed by atoms with Crippen molar-refractivity contribution in [3.05, 3.63) is 101 Å². The summed E-state index contributed by atoms with van der Waals surface area (Å²) >= 11 is 6.12. The van der Waals surface area contributed by atoms with Crippen LogP contribution in [0.3, 0.4) is 0 Å². The molecule has 7 rings (SSSR count). The van der Waals surface area contributed by atoms with E-state index in [4.69, 9.17) is 11.6 Å². The summed E-state index contributed by atoms with van der Waals surface area (Å²) < 4.78 is 29.1. The van der Waals surface area contributed by atoms with Crippen LogP contribution >= 0.6 is 11.6 Å². The Bertz CT molecular complexity index is 1910. The highest BCUT2D eigenvalue weighted by Crippen LogP contribution is 2.30. The fourth-order valence-electron chi connectivity index (χ4n) is 6.76. The molecule has 1 aromatic heterocycles. The Morgan fingerprint density at radius 3 is 2.15 bits per heavy atom. The number of hydrogen-bond donors (Lipinski definition) is 0. The number of anilines is 1. The molecule has 0 saturated carbocycles. The highest BCUT2D eigenvalue weighted by Gasteiger charge is 2.44. The van der Waals surface area contributed by atoms with Crippen molar-refractivity contribution < 1.29 is 22.8 Å². The zero-order valence-corrected chi connectivity index (χ0v) is 26.5. The molecule has 3 aliphatic rings. The maximum atomic E-state index is 14.0. The minimum atomic E-state index is -4.09. The number of nitrogens with zero attached hydrogens (tertiary/aromatic N) is 5. The van der Waals surface area contributed by atoms with Gasteiger partial charge in [-0.1, -0.05) is 35.9 Å². The molecule has 12 heteroatoms. The van der Waals surface area contributed by atoms with Gasteiger partial charge in [0.15, 0.2) is 0 Å². The Labute approximate surface area is 272 Å². The van der Waals surface area contributed by atoms with Gasteiger partial charge < -0.3 is 9.80 Å². The van der Waals surface area contributed by atoms with E-state index in [0.29, 0.717) is 28.1 Å². The third kappa shape index (κ3) is 5.63. The molecule has 0 aliphatic carbocycles. The van der Waals surface area contributed by atoms with Gasteiger partial charge in [-0.15, -0.1) is 0 Å². The van der Waals surface area contributed by atoms with Crippen molar-refractivity contribution in [1.29, 1.82) is 0 Å². The van der Waals surface area contributed by atoms with Crippen molar-refractivity contribution in [2.24, 2.45) is 5.92 Å². The van der Waals surface area contributed by atoms with Crippen LogP contribution in [0.25, 0.3) is 10.8 Å². The molecule has 236 valence electrons.